The Morgan fingerprint density at radius 2 is 2.06 bits per heavy atom. The second-order valence-electron chi connectivity index (χ2n) is 3.12. The number of halogens is 2. The normalized spacial score (nSPS) is 10.8. The number of hydrogen-bond donors (Lipinski definition) is 1. The Balaban J connectivity index is 1.89. The molecule has 1 heterocycles. The highest BCUT2D eigenvalue weighted by atomic mass is 32.2. The quantitative estimate of drug-likeness (QED) is 0.837. The summed E-state index contributed by atoms with van der Waals surface area (Å²) in [6.45, 7) is -2.79. The Kier molecular flexibility index (Phi) is 3.92. The van der Waals surface area contributed by atoms with E-state index >= 15 is 0 Å². The lowest BCUT2D eigenvalue weighted by atomic mass is 10.2. The van der Waals surface area contributed by atoms with Crippen LogP contribution in [0.1, 0.15) is 5.56 Å². The Hall–Kier alpha value is -1.63. The van der Waals surface area contributed by atoms with Crippen molar-refractivity contribution in [1.82, 2.24) is 15.4 Å². The molecule has 0 atom stereocenters. The summed E-state index contributed by atoms with van der Waals surface area (Å²) in [6.07, 6.45) is 1.62. The molecule has 2 aromatic rings. The molecule has 0 radical (unpaired) electrons. The van der Waals surface area contributed by atoms with E-state index in [1.165, 1.54) is 23.9 Å². The Bertz CT molecular complexity index is 447. The van der Waals surface area contributed by atoms with Crippen molar-refractivity contribution in [2.45, 2.75) is 17.4 Å². The zero-order chi connectivity index (χ0) is 12.1. The molecule has 0 fully saturated rings. The number of nitrogens with one attached hydrogen (secondary N) is 1. The fourth-order valence-electron chi connectivity index (χ4n) is 1.19. The van der Waals surface area contributed by atoms with Gasteiger partial charge in [-0.05, 0) is 17.7 Å². The van der Waals surface area contributed by atoms with Crippen LogP contribution >= 0.6 is 11.8 Å². The highest BCUT2D eigenvalue weighted by molar-refractivity contribution is 7.98. The van der Waals surface area contributed by atoms with Gasteiger partial charge in [0.1, 0.15) is 10.8 Å². The maximum atomic E-state index is 11.9. The zero-order valence-corrected chi connectivity index (χ0v) is 9.45. The van der Waals surface area contributed by atoms with Gasteiger partial charge in [-0.2, -0.15) is 19.1 Å². The number of hydrogen-bond acceptors (Lipinski definition) is 4. The lowest BCUT2D eigenvalue weighted by Gasteiger charge is -2.05. The standard InChI is InChI=1S/C10H9F2N3OS/c11-10(12)16-8-3-1-7(2-4-8)6-17-9-5-13-15-14-9/h1-5,10H,6H2,(H,13,14,15). The maximum Gasteiger partial charge on any atom is 0.387 e. The lowest BCUT2D eigenvalue weighted by Crippen LogP contribution is -2.01. The molecule has 1 N–H and O–H groups in total. The highest BCUT2D eigenvalue weighted by Crippen LogP contribution is 2.21. The largest absolute Gasteiger partial charge is 0.435 e. The first-order chi connectivity index (χ1) is 8.24. The summed E-state index contributed by atoms with van der Waals surface area (Å²) < 4.78 is 28.1. The molecule has 4 nitrogen and oxygen atoms in total. The van der Waals surface area contributed by atoms with E-state index in [0.717, 1.165) is 10.6 Å². The third-order valence-electron chi connectivity index (χ3n) is 1.93. The minimum atomic E-state index is -2.79. The topological polar surface area (TPSA) is 50.8 Å². The lowest BCUT2D eigenvalue weighted by molar-refractivity contribution is -0.0498. The SMILES string of the molecule is FC(F)Oc1ccc(CSc2cn[nH]n2)cc1. The maximum absolute atomic E-state index is 11.9. The summed E-state index contributed by atoms with van der Waals surface area (Å²) in [5, 5.41) is 10.9. The van der Waals surface area contributed by atoms with E-state index in [0.29, 0.717) is 5.75 Å². The molecule has 0 bridgehead atoms. The Labute approximate surface area is 100 Å². The number of benzene rings is 1. The number of alkyl halides is 2. The van der Waals surface area contributed by atoms with Crippen LogP contribution in [0.15, 0.2) is 35.5 Å². The summed E-state index contributed by atoms with van der Waals surface area (Å²) in [6, 6.07) is 6.52. The van der Waals surface area contributed by atoms with E-state index in [-0.39, 0.29) is 5.75 Å². The van der Waals surface area contributed by atoms with Crippen molar-refractivity contribution in [2.24, 2.45) is 0 Å². The van der Waals surface area contributed by atoms with Crippen LogP contribution in [-0.2, 0) is 5.75 Å². The molecular weight excluding hydrogens is 248 g/mol. The third-order valence-corrected chi connectivity index (χ3v) is 2.90. The number of thioether (sulfide) groups is 1. The average Bonchev–Trinajstić information content (AvgIpc) is 2.80. The van der Waals surface area contributed by atoms with Gasteiger partial charge in [-0.1, -0.05) is 23.9 Å². The molecule has 0 unspecified atom stereocenters. The minimum absolute atomic E-state index is 0.162. The number of nitrogens with zero attached hydrogens (tertiary/aromatic N) is 2. The van der Waals surface area contributed by atoms with Crippen LogP contribution < -0.4 is 4.74 Å². The molecule has 2 rings (SSSR count). The summed E-state index contributed by atoms with van der Waals surface area (Å²) in [4.78, 5) is 0. The van der Waals surface area contributed by atoms with E-state index in [1.54, 1.807) is 18.3 Å². The Morgan fingerprint density at radius 1 is 1.29 bits per heavy atom. The van der Waals surface area contributed by atoms with E-state index < -0.39 is 6.61 Å². The summed E-state index contributed by atoms with van der Waals surface area (Å²) in [5.41, 5.74) is 1.000. The predicted octanol–water partition coefficient (Wildman–Crippen LogP) is 2.70. The van der Waals surface area contributed by atoms with Crippen molar-refractivity contribution in [3.8, 4) is 5.75 Å². The van der Waals surface area contributed by atoms with Gasteiger partial charge in [0, 0.05) is 5.75 Å². The van der Waals surface area contributed by atoms with Crippen LogP contribution in [0.2, 0.25) is 0 Å². The number of aromatic amines is 1. The summed E-state index contributed by atoms with van der Waals surface area (Å²) in [7, 11) is 0. The van der Waals surface area contributed by atoms with Crippen LogP contribution in [-0.4, -0.2) is 22.0 Å². The van der Waals surface area contributed by atoms with E-state index in [4.69, 9.17) is 0 Å². The summed E-state index contributed by atoms with van der Waals surface area (Å²) in [5.74, 6) is 0.858. The fourth-order valence-corrected chi connectivity index (χ4v) is 1.92. The third kappa shape index (κ3) is 3.70. The summed E-state index contributed by atoms with van der Waals surface area (Å²) >= 11 is 1.51. The highest BCUT2D eigenvalue weighted by Gasteiger charge is 2.04. The van der Waals surface area contributed by atoms with Crippen LogP contribution in [0.5, 0.6) is 5.75 Å². The molecule has 1 aromatic carbocycles. The molecule has 90 valence electrons. The van der Waals surface area contributed by atoms with Crippen molar-refractivity contribution in [3.63, 3.8) is 0 Å². The first-order valence-corrected chi connectivity index (χ1v) is 5.75. The van der Waals surface area contributed by atoms with Gasteiger partial charge < -0.3 is 4.74 Å². The van der Waals surface area contributed by atoms with Gasteiger partial charge in [0.2, 0.25) is 0 Å². The van der Waals surface area contributed by atoms with Crippen molar-refractivity contribution in [1.29, 1.82) is 0 Å². The van der Waals surface area contributed by atoms with Crippen LogP contribution in [0.3, 0.4) is 0 Å². The smallest absolute Gasteiger partial charge is 0.387 e. The zero-order valence-electron chi connectivity index (χ0n) is 8.64. The fraction of sp³-hybridized carbons (Fsp3) is 0.200. The molecule has 0 aliphatic carbocycles. The molecule has 0 aliphatic heterocycles. The monoisotopic (exact) mass is 257 g/mol. The first-order valence-electron chi connectivity index (χ1n) is 4.76. The van der Waals surface area contributed by atoms with Crippen LogP contribution in [0, 0.1) is 0 Å². The number of ether oxygens (including phenoxy) is 1. The molecule has 1 aromatic heterocycles. The van der Waals surface area contributed by atoms with Gasteiger partial charge >= 0.3 is 6.61 Å². The molecule has 0 saturated heterocycles. The number of H-pyrrole nitrogens is 1. The van der Waals surface area contributed by atoms with E-state index in [9.17, 15) is 8.78 Å². The van der Waals surface area contributed by atoms with Gasteiger partial charge in [0.25, 0.3) is 0 Å². The van der Waals surface area contributed by atoms with Crippen LogP contribution in [0.4, 0.5) is 8.78 Å². The Morgan fingerprint density at radius 3 is 2.65 bits per heavy atom. The van der Waals surface area contributed by atoms with Crippen molar-refractivity contribution < 1.29 is 13.5 Å². The first kappa shape index (κ1) is 11.8. The molecule has 0 spiro atoms. The molecule has 17 heavy (non-hydrogen) atoms. The minimum Gasteiger partial charge on any atom is -0.435 e. The van der Waals surface area contributed by atoms with Gasteiger partial charge in [0.05, 0.1) is 6.20 Å². The van der Waals surface area contributed by atoms with Gasteiger partial charge in [-0.25, -0.2) is 0 Å². The van der Waals surface area contributed by atoms with Crippen molar-refractivity contribution in [3.05, 3.63) is 36.0 Å². The van der Waals surface area contributed by atoms with Gasteiger partial charge in [0.15, 0.2) is 0 Å². The molecule has 0 amide bonds. The van der Waals surface area contributed by atoms with Crippen LogP contribution in [0.25, 0.3) is 0 Å². The van der Waals surface area contributed by atoms with E-state index in [2.05, 4.69) is 20.1 Å². The second-order valence-corrected chi connectivity index (χ2v) is 4.11. The van der Waals surface area contributed by atoms with Crippen molar-refractivity contribution >= 4 is 11.8 Å². The molecule has 0 aliphatic rings. The number of rotatable bonds is 5. The molecule has 0 saturated carbocycles. The second kappa shape index (κ2) is 5.62. The number of aromatic nitrogens is 3. The predicted molar refractivity (Wildman–Crippen MR) is 59.0 cm³/mol. The van der Waals surface area contributed by atoms with E-state index in [1.807, 2.05) is 0 Å². The van der Waals surface area contributed by atoms with Crippen molar-refractivity contribution in [2.75, 3.05) is 0 Å². The van der Waals surface area contributed by atoms with Gasteiger partial charge in [-0.3, -0.25) is 0 Å². The molecule has 7 heteroatoms. The molecular formula is C10H9F2N3OS. The van der Waals surface area contributed by atoms with Gasteiger partial charge in [-0.15, -0.1) is 5.10 Å². The average molecular weight is 257 g/mol.